The summed E-state index contributed by atoms with van der Waals surface area (Å²) in [6, 6.07) is 0. The lowest BCUT2D eigenvalue weighted by Crippen LogP contribution is -2.37. The van der Waals surface area contributed by atoms with Crippen molar-refractivity contribution in [1.29, 1.82) is 0 Å². The first-order chi connectivity index (χ1) is 28.0. The Bertz CT molecular complexity index is 1000. The van der Waals surface area contributed by atoms with E-state index in [1.165, 1.54) is 154 Å². The second kappa shape index (κ2) is 41.1. The summed E-state index contributed by atoms with van der Waals surface area (Å²) in [5.74, 6) is -0.790. The Hall–Kier alpha value is -1.25. The van der Waals surface area contributed by atoms with Gasteiger partial charge in [-0.3, -0.25) is 18.6 Å². The van der Waals surface area contributed by atoms with Crippen molar-refractivity contribution < 1.29 is 42.1 Å². The third kappa shape index (κ3) is 44.3. The molecule has 0 rings (SSSR count). The number of unbranched alkanes of at least 4 members (excludes halogenated alkanes) is 29. The molecule has 0 saturated heterocycles. The van der Waals surface area contributed by atoms with Gasteiger partial charge in [-0.15, -0.1) is 0 Å². The summed E-state index contributed by atoms with van der Waals surface area (Å²) in [6.07, 6.45) is 44.0. The van der Waals surface area contributed by atoms with E-state index in [-0.39, 0.29) is 25.6 Å². The van der Waals surface area contributed by atoms with Crippen LogP contribution in [0.1, 0.15) is 232 Å². The van der Waals surface area contributed by atoms with Gasteiger partial charge in [0, 0.05) is 12.8 Å². The van der Waals surface area contributed by atoms with Crippen molar-refractivity contribution in [3.8, 4) is 0 Å². The van der Waals surface area contributed by atoms with E-state index in [2.05, 4.69) is 26.0 Å². The topological polar surface area (TPSA) is 108 Å². The van der Waals surface area contributed by atoms with Crippen LogP contribution in [0.15, 0.2) is 12.2 Å². The smallest absolute Gasteiger partial charge is 0.462 e. The maximum absolute atomic E-state index is 12.7. The van der Waals surface area contributed by atoms with Crippen LogP contribution < -0.4 is 0 Å². The zero-order chi connectivity index (χ0) is 42.8. The lowest BCUT2D eigenvalue weighted by molar-refractivity contribution is -0.870. The van der Waals surface area contributed by atoms with E-state index in [1.807, 2.05) is 21.1 Å². The normalized spacial score (nSPS) is 13.6. The van der Waals surface area contributed by atoms with Crippen LogP contribution in [0.25, 0.3) is 0 Å². The maximum atomic E-state index is 12.7. The fraction of sp³-hybridized carbons (Fsp3) is 0.917. The van der Waals surface area contributed by atoms with Crippen molar-refractivity contribution in [2.24, 2.45) is 0 Å². The van der Waals surface area contributed by atoms with Crippen LogP contribution in [0, 0.1) is 0 Å². The SMILES string of the molecule is CCCCCC/C=C/CCCCCCCCCC(=O)O[C@H](COC(=O)CCCCCCCCCCCCCCCCCCCCC)COP(=O)(O)OCC[N+](C)(C)C. The monoisotopic (exact) mass is 845 g/mol. The average Bonchev–Trinajstić information content (AvgIpc) is 3.17. The molecule has 0 radical (unpaired) electrons. The highest BCUT2D eigenvalue weighted by atomic mass is 31.2. The second-order valence-corrected chi connectivity index (χ2v) is 19.3. The molecule has 1 unspecified atom stereocenters. The molecule has 0 aromatic carbocycles. The Kier molecular flexibility index (Phi) is 40.2. The molecule has 0 heterocycles. The summed E-state index contributed by atoms with van der Waals surface area (Å²) < 4.78 is 34.4. The predicted molar refractivity (Wildman–Crippen MR) is 243 cm³/mol. The van der Waals surface area contributed by atoms with Crippen molar-refractivity contribution in [1.82, 2.24) is 0 Å². The summed E-state index contributed by atoms with van der Waals surface area (Å²) in [6.45, 7) is 4.45. The number of allylic oxidation sites excluding steroid dienone is 2. The quantitative estimate of drug-likeness (QED) is 0.0212. The number of phosphoric ester groups is 1. The molecular weight excluding hydrogens is 750 g/mol. The van der Waals surface area contributed by atoms with E-state index in [1.54, 1.807) is 0 Å². The standard InChI is InChI=1S/C48H94NO8P/c1-6-8-10-12-14-16-18-20-22-23-24-25-27-28-30-32-34-36-38-40-47(50)54-44-46(45-56-58(52,53)55-43-42-49(3,4)5)57-48(51)41-39-37-35-33-31-29-26-21-19-17-15-13-11-9-7-2/h17,19,46H,6-16,18,20-45H2,1-5H3/p+1/b19-17+/t46-/m1/s1. The van der Waals surface area contributed by atoms with Gasteiger partial charge >= 0.3 is 19.8 Å². The van der Waals surface area contributed by atoms with Crippen LogP contribution in [0.3, 0.4) is 0 Å². The molecule has 344 valence electrons. The van der Waals surface area contributed by atoms with Crippen LogP contribution in [-0.2, 0) is 32.7 Å². The molecule has 0 aromatic heterocycles. The lowest BCUT2D eigenvalue weighted by Gasteiger charge is -2.24. The molecule has 0 aliphatic rings. The highest BCUT2D eigenvalue weighted by molar-refractivity contribution is 7.47. The van der Waals surface area contributed by atoms with Gasteiger partial charge in [-0.05, 0) is 38.5 Å². The highest BCUT2D eigenvalue weighted by Crippen LogP contribution is 2.43. The molecule has 0 aliphatic carbocycles. The number of likely N-dealkylation sites (N-methyl/N-ethyl adjacent to an activating group) is 1. The summed E-state index contributed by atoms with van der Waals surface area (Å²) in [7, 11) is 1.49. The highest BCUT2D eigenvalue weighted by Gasteiger charge is 2.27. The van der Waals surface area contributed by atoms with Gasteiger partial charge < -0.3 is 18.9 Å². The Balaban J connectivity index is 4.24. The summed E-state index contributed by atoms with van der Waals surface area (Å²) >= 11 is 0. The summed E-state index contributed by atoms with van der Waals surface area (Å²) in [5.41, 5.74) is 0. The van der Waals surface area contributed by atoms with Gasteiger partial charge in [-0.2, -0.15) is 0 Å². The van der Waals surface area contributed by atoms with Crippen molar-refractivity contribution in [3.63, 3.8) is 0 Å². The van der Waals surface area contributed by atoms with Gasteiger partial charge in [-0.25, -0.2) is 4.57 Å². The van der Waals surface area contributed by atoms with Crippen molar-refractivity contribution in [2.45, 2.75) is 238 Å². The molecule has 0 bridgehead atoms. The molecule has 0 amide bonds. The number of ether oxygens (including phenoxy) is 2. The molecular formula is C48H95NO8P+. The van der Waals surface area contributed by atoms with E-state index in [0.29, 0.717) is 23.9 Å². The third-order valence-electron chi connectivity index (χ3n) is 10.8. The number of quaternary nitrogens is 1. The molecule has 1 N–H and O–H groups in total. The minimum atomic E-state index is -4.37. The molecule has 0 fully saturated rings. The van der Waals surface area contributed by atoms with E-state index >= 15 is 0 Å². The van der Waals surface area contributed by atoms with Crippen molar-refractivity contribution in [2.75, 3.05) is 47.5 Å². The largest absolute Gasteiger partial charge is 0.472 e. The Morgan fingerprint density at radius 1 is 0.517 bits per heavy atom. The molecule has 2 atom stereocenters. The number of hydrogen-bond donors (Lipinski definition) is 1. The van der Waals surface area contributed by atoms with Gasteiger partial charge in [0.1, 0.15) is 19.8 Å². The first-order valence-corrected chi connectivity index (χ1v) is 25.9. The van der Waals surface area contributed by atoms with Gasteiger partial charge in [0.25, 0.3) is 0 Å². The number of nitrogens with zero attached hydrogens (tertiary/aromatic N) is 1. The second-order valence-electron chi connectivity index (χ2n) is 17.9. The van der Waals surface area contributed by atoms with Crippen LogP contribution in [0.2, 0.25) is 0 Å². The number of carbonyl (C=O) groups excluding carboxylic acids is 2. The predicted octanol–water partition coefficient (Wildman–Crippen LogP) is 14.1. The maximum Gasteiger partial charge on any atom is 0.472 e. The van der Waals surface area contributed by atoms with E-state index in [9.17, 15) is 19.0 Å². The Morgan fingerprint density at radius 3 is 1.29 bits per heavy atom. The molecule has 0 saturated carbocycles. The number of esters is 2. The Morgan fingerprint density at radius 2 is 0.879 bits per heavy atom. The van der Waals surface area contributed by atoms with Crippen molar-refractivity contribution in [3.05, 3.63) is 12.2 Å². The van der Waals surface area contributed by atoms with Crippen LogP contribution in [0.4, 0.5) is 0 Å². The van der Waals surface area contributed by atoms with E-state index in [0.717, 1.165) is 44.9 Å². The Labute approximate surface area is 358 Å². The number of hydrogen-bond acceptors (Lipinski definition) is 7. The van der Waals surface area contributed by atoms with Gasteiger partial charge in [0.15, 0.2) is 6.10 Å². The molecule has 0 aromatic rings. The molecule has 0 aliphatic heterocycles. The molecule has 9 nitrogen and oxygen atoms in total. The summed E-state index contributed by atoms with van der Waals surface area (Å²) in [5, 5.41) is 0. The third-order valence-corrected chi connectivity index (χ3v) is 11.8. The average molecular weight is 845 g/mol. The first kappa shape index (κ1) is 56.8. The van der Waals surface area contributed by atoms with Gasteiger partial charge in [-0.1, -0.05) is 193 Å². The van der Waals surface area contributed by atoms with E-state index in [4.69, 9.17) is 18.5 Å². The fourth-order valence-corrected chi connectivity index (χ4v) is 7.69. The van der Waals surface area contributed by atoms with Crippen LogP contribution in [-0.4, -0.2) is 74.9 Å². The van der Waals surface area contributed by atoms with E-state index < -0.39 is 26.5 Å². The fourth-order valence-electron chi connectivity index (χ4n) is 6.95. The van der Waals surface area contributed by atoms with Crippen LogP contribution in [0.5, 0.6) is 0 Å². The number of phosphoric acid groups is 1. The zero-order valence-electron chi connectivity index (χ0n) is 38.8. The summed E-state index contributed by atoms with van der Waals surface area (Å²) in [4.78, 5) is 35.5. The van der Waals surface area contributed by atoms with Gasteiger partial charge in [0.05, 0.1) is 27.7 Å². The zero-order valence-corrected chi connectivity index (χ0v) is 39.7. The molecule has 10 heteroatoms. The lowest BCUT2D eigenvalue weighted by atomic mass is 10.0. The van der Waals surface area contributed by atoms with Gasteiger partial charge in [0.2, 0.25) is 0 Å². The molecule has 0 spiro atoms. The minimum Gasteiger partial charge on any atom is -0.462 e. The minimum absolute atomic E-state index is 0.0341. The van der Waals surface area contributed by atoms with Crippen LogP contribution >= 0.6 is 7.82 Å². The number of carbonyl (C=O) groups is 2. The van der Waals surface area contributed by atoms with Crippen molar-refractivity contribution >= 4 is 19.8 Å². The number of rotatable bonds is 45. The molecule has 58 heavy (non-hydrogen) atoms. The first-order valence-electron chi connectivity index (χ1n) is 24.4.